The van der Waals surface area contributed by atoms with E-state index in [0.29, 0.717) is 26.2 Å². The number of hydrogen-bond donors (Lipinski definition) is 0. The topological polar surface area (TPSA) is 54.9 Å². The minimum Gasteiger partial charge on any atom is -0.491 e. The Bertz CT molecular complexity index is 1040. The van der Waals surface area contributed by atoms with Crippen LogP contribution in [-0.4, -0.2) is 67.2 Å². The molecule has 33 heavy (non-hydrogen) atoms. The Balaban J connectivity index is 1.47. The maximum Gasteiger partial charge on any atom is 0.240 e. The van der Waals surface area contributed by atoms with E-state index < -0.39 is 0 Å². The highest BCUT2D eigenvalue weighted by atomic mass is 16.5. The van der Waals surface area contributed by atoms with Crippen molar-refractivity contribution in [3.05, 3.63) is 84.2 Å². The summed E-state index contributed by atoms with van der Waals surface area (Å²) >= 11 is 0. The Hall–Kier alpha value is -3.22. The third-order valence-corrected chi connectivity index (χ3v) is 6.06. The summed E-state index contributed by atoms with van der Waals surface area (Å²) in [5.41, 5.74) is 4.58. The van der Waals surface area contributed by atoms with Gasteiger partial charge in [0.15, 0.2) is 0 Å². The number of methoxy groups -OCH3 is 1. The van der Waals surface area contributed by atoms with Gasteiger partial charge in [0.1, 0.15) is 12.4 Å². The number of carbonyl (C=O) groups excluding carboxylic acids is 1. The fraction of sp³-hybridized carbons (Fsp3) is 0.333. The molecule has 1 aromatic heterocycles. The smallest absolute Gasteiger partial charge is 0.240 e. The van der Waals surface area contributed by atoms with Crippen LogP contribution in [0.1, 0.15) is 11.1 Å². The lowest BCUT2D eigenvalue weighted by molar-refractivity contribution is -0.140. The summed E-state index contributed by atoms with van der Waals surface area (Å²) in [6.45, 7) is 3.36. The third-order valence-electron chi connectivity index (χ3n) is 6.06. The predicted molar refractivity (Wildman–Crippen MR) is 129 cm³/mol. The molecule has 0 bridgehead atoms. The minimum atomic E-state index is -0.186. The van der Waals surface area contributed by atoms with Crippen LogP contribution < -0.4 is 4.74 Å². The second-order valence-corrected chi connectivity index (χ2v) is 8.37. The highest BCUT2D eigenvalue weighted by Crippen LogP contribution is 2.23. The van der Waals surface area contributed by atoms with E-state index in [2.05, 4.69) is 46.3 Å². The van der Waals surface area contributed by atoms with Gasteiger partial charge in [0, 0.05) is 46.2 Å². The van der Waals surface area contributed by atoms with Crippen molar-refractivity contribution in [2.75, 3.05) is 40.5 Å². The third kappa shape index (κ3) is 5.97. The molecule has 0 saturated carbocycles. The number of hydrogen-bond acceptors (Lipinski definition) is 5. The Labute approximate surface area is 195 Å². The molecule has 1 atom stereocenters. The van der Waals surface area contributed by atoms with Gasteiger partial charge in [-0.2, -0.15) is 0 Å². The lowest BCUT2D eigenvalue weighted by Crippen LogP contribution is -2.56. The molecule has 0 N–H and O–H groups in total. The van der Waals surface area contributed by atoms with Crippen molar-refractivity contribution in [2.24, 2.45) is 0 Å². The van der Waals surface area contributed by atoms with E-state index >= 15 is 0 Å². The van der Waals surface area contributed by atoms with E-state index in [4.69, 9.17) is 9.47 Å². The summed E-state index contributed by atoms with van der Waals surface area (Å²) in [6.07, 6.45) is 4.29. The molecule has 6 nitrogen and oxygen atoms in total. The van der Waals surface area contributed by atoms with Crippen molar-refractivity contribution < 1.29 is 14.3 Å². The number of nitrogens with zero attached hydrogens (tertiary/aromatic N) is 3. The summed E-state index contributed by atoms with van der Waals surface area (Å²) in [4.78, 5) is 21.3. The Morgan fingerprint density at radius 3 is 2.45 bits per heavy atom. The first-order chi connectivity index (χ1) is 16.1. The Morgan fingerprint density at radius 1 is 0.939 bits per heavy atom. The van der Waals surface area contributed by atoms with Gasteiger partial charge >= 0.3 is 0 Å². The van der Waals surface area contributed by atoms with Crippen LogP contribution in [0.5, 0.6) is 5.75 Å². The lowest BCUT2D eigenvalue weighted by atomic mass is 9.98. The maximum atomic E-state index is 13.1. The van der Waals surface area contributed by atoms with Crippen molar-refractivity contribution in [3.8, 4) is 16.9 Å². The van der Waals surface area contributed by atoms with Crippen LogP contribution in [0.15, 0.2) is 73.1 Å². The van der Waals surface area contributed by atoms with Gasteiger partial charge < -0.3 is 14.4 Å². The monoisotopic (exact) mass is 445 g/mol. The molecule has 1 fully saturated rings. The van der Waals surface area contributed by atoms with E-state index in [-0.39, 0.29) is 11.9 Å². The normalized spacial score (nSPS) is 16.7. The molecular formula is C27H31N3O3. The quantitative estimate of drug-likeness (QED) is 0.471. The van der Waals surface area contributed by atoms with Crippen LogP contribution in [0.3, 0.4) is 0 Å². The van der Waals surface area contributed by atoms with Gasteiger partial charge in [-0.1, -0.05) is 36.4 Å². The Kier molecular flexibility index (Phi) is 7.70. The zero-order valence-electron chi connectivity index (χ0n) is 19.3. The molecule has 1 aliphatic rings. The second kappa shape index (κ2) is 11.1. The zero-order chi connectivity index (χ0) is 23.0. The largest absolute Gasteiger partial charge is 0.491 e. The van der Waals surface area contributed by atoms with Gasteiger partial charge in [-0.3, -0.25) is 14.7 Å². The number of ether oxygens (including phenoxy) is 2. The summed E-state index contributed by atoms with van der Waals surface area (Å²) in [5, 5.41) is 0. The van der Waals surface area contributed by atoms with Gasteiger partial charge in [0.05, 0.1) is 12.6 Å². The van der Waals surface area contributed by atoms with Crippen molar-refractivity contribution in [1.82, 2.24) is 14.8 Å². The van der Waals surface area contributed by atoms with Gasteiger partial charge in [0.25, 0.3) is 0 Å². The number of rotatable bonds is 9. The van der Waals surface area contributed by atoms with Crippen LogP contribution in [-0.2, 0) is 22.5 Å². The molecular weight excluding hydrogens is 414 g/mol. The number of pyridine rings is 1. The van der Waals surface area contributed by atoms with Crippen LogP contribution in [0.25, 0.3) is 11.1 Å². The first-order valence-corrected chi connectivity index (χ1v) is 11.3. The SMILES string of the molecule is COCCOc1cccc(CN2CCN(C)C(=O)[C@H]2Cc2ccc(-c3ccncc3)cc2)c1. The number of aromatic nitrogens is 1. The average molecular weight is 446 g/mol. The standard InChI is InChI=1S/C27H31N3O3/c1-29-14-15-30(20-22-4-3-5-25(18-22)33-17-16-32-2)26(27(29)31)19-21-6-8-23(9-7-21)24-10-12-28-13-11-24/h3-13,18,26H,14-17,19-20H2,1-2H3/t26-/m1/s1. The van der Waals surface area contributed by atoms with E-state index in [1.807, 2.05) is 36.2 Å². The van der Waals surface area contributed by atoms with Crippen LogP contribution >= 0.6 is 0 Å². The molecule has 2 aromatic carbocycles. The van der Waals surface area contributed by atoms with Crippen molar-refractivity contribution in [3.63, 3.8) is 0 Å². The van der Waals surface area contributed by atoms with Gasteiger partial charge in [-0.25, -0.2) is 0 Å². The summed E-state index contributed by atoms with van der Waals surface area (Å²) in [6, 6.07) is 20.4. The molecule has 2 heterocycles. The molecule has 4 rings (SSSR count). The molecule has 6 heteroatoms. The average Bonchev–Trinajstić information content (AvgIpc) is 2.85. The molecule has 1 amide bonds. The Morgan fingerprint density at radius 2 is 1.70 bits per heavy atom. The summed E-state index contributed by atoms with van der Waals surface area (Å²) < 4.78 is 10.8. The van der Waals surface area contributed by atoms with Crippen LogP contribution in [0.2, 0.25) is 0 Å². The van der Waals surface area contributed by atoms with Crippen molar-refractivity contribution in [2.45, 2.75) is 19.0 Å². The van der Waals surface area contributed by atoms with Crippen molar-refractivity contribution in [1.29, 1.82) is 0 Å². The summed E-state index contributed by atoms with van der Waals surface area (Å²) in [7, 11) is 3.56. The number of amides is 1. The fourth-order valence-electron chi connectivity index (χ4n) is 4.17. The fourth-order valence-corrected chi connectivity index (χ4v) is 4.17. The molecule has 0 aliphatic carbocycles. The maximum absolute atomic E-state index is 13.1. The van der Waals surface area contributed by atoms with E-state index in [0.717, 1.165) is 41.1 Å². The highest BCUT2D eigenvalue weighted by molar-refractivity contribution is 5.82. The van der Waals surface area contributed by atoms with Gasteiger partial charge in [0.2, 0.25) is 5.91 Å². The minimum absolute atomic E-state index is 0.173. The first-order valence-electron chi connectivity index (χ1n) is 11.3. The van der Waals surface area contributed by atoms with Gasteiger partial charge in [-0.15, -0.1) is 0 Å². The number of likely N-dealkylation sites (N-methyl/N-ethyl adjacent to an activating group) is 1. The van der Waals surface area contributed by atoms with Gasteiger partial charge in [-0.05, 0) is 52.9 Å². The highest BCUT2D eigenvalue weighted by Gasteiger charge is 2.33. The number of carbonyl (C=O) groups is 1. The molecule has 1 aliphatic heterocycles. The number of piperazine rings is 1. The number of benzene rings is 2. The molecule has 3 aromatic rings. The first kappa shape index (κ1) is 23.0. The second-order valence-electron chi connectivity index (χ2n) is 8.37. The summed E-state index contributed by atoms with van der Waals surface area (Å²) in [5.74, 6) is 1.00. The van der Waals surface area contributed by atoms with E-state index in [1.165, 1.54) is 0 Å². The van der Waals surface area contributed by atoms with Crippen LogP contribution in [0, 0.1) is 0 Å². The molecule has 172 valence electrons. The van der Waals surface area contributed by atoms with Crippen molar-refractivity contribution >= 4 is 5.91 Å². The van der Waals surface area contributed by atoms with E-state index in [1.54, 1.807) is 19.5 Å². The molecule has 0 radical (unpaired) electrons. The van der Waals surface area contributed by atoms with Crippen LogP contribution in [0.4, 0.5) is 0 Å². The zero-order valence-corrected chi connectivity index (χ0v) is 19.3. The predicted octanol–water partition coefficient (Wildman–Crippen LogP) is 3.66. The van der Waals surface area contributed by atoms with E-state index in [9.17, 15) is 4.79 Å². The molecule has 0 unspecified atom stereocenters. The molecule has 0 spiro atoms. The molecule has 1 saturated heterocycles. The lowest BCUT2D eigenvalue weighted by Gasteiger charge is -2.39.